The Labute approximate surface area is 83.5 Å². The van der Waals surface area contributed by atoms with Crippen LogP contribution in [0.15, 0.2) is 24.4 Å². The Morgan fingerprint density at radius 3 is 2.93 bits per heavy atom. The van der Waals surface area contributed by atoms with E-state index < -0.39 is 4.92 Å². The van der Waals surface area contributed by atoms with Gasteiger partial charge in [0, 0.05) is 23.7 Å². The van der Waals surface area contributed by atoms with Gasteiger partial charge in [0.25, 0.3) is 5.69 Å². The molecule has 1 heterocycles. The number of non-ortho nitro benzene ring substituents is 1. The fraction of sp³-hybridized carbons (Fsp3) is 0. The summed E-state index contributed by atoms with van der Waals surface area (Å²) in [6.07, 6.45) is 1.52. The highest BCUT2D eigenvalue weighted by Crippen LogP contribution is 2.19. The van der Waals surface area contributed by atoms with Crippen molar-refractivity contribution >= 4 is 28.2 Å². The summed E-state index contributed by atoms with van der Waals surface area (Å²) in [6, 6.07) is 4.35. The number of nitrogens with zero attached hydrogens (tertiary/aromatic N) is 3. The van der Waals surface area contributed by atoms with Crippen LogP contribution in [0.5, 0.6) is 0 Å². The van der Waals surface area contributed by atoms with E-state index in [1.165, 1.54) is 18.3 Å². The molecule has 5 nitrogen and oxygen atoms in total. The van der Waals surface area contributed by atoms with E-state index in [9.17, 15) is 10.1 Å². The number of hydrogen-bond donors (Lipinski definition) is 0. The van der Waals surface area contributed by atoms with Crippen molar-refractivity contribution in [2.24, 2.45) is 0 Å². The van der Waals surface area contributed by atoms with Crippen molar-refractivity contribution in [3.05, 3.63) is 39.8 Å². The number of fused-ring (bicyclic) bond motifs is 1. The summed E-state index contributed by atoms with van der Waals surface area (Å²) in [5, 5.41) is 11.3. The zero-order valence-corrected chi connectivity index (χ0v) is 7.60. The molecule has 70 valence electrons. The highest BCUT2D eigenvalue weighted by Gasteiger charge is 2.06. The number of hydrogen-bond acceptors (Lipinski definition) is 4. The molecular formula is C8H4ClN3O2. The summed E-state index contributed by atoms with van der Waals surface area (Å²) in [6.45, 7) is 0. The van der Waals surface area contributed by atoms with E-state index in [4.69, 9.17) is 11.6 Å². The average Bonchev–Trinajstić information content (AvgIpc) is 2.16. The largest absolute Gasteiger partial charge is 0.271 e. The predicted octanol–water partition coefficient (Wildman–Crippen LogP) is 2.19. The third kappa shape index (κ3) is 1.49. The highest BCUT2D eigenvalue weighted by atomic mass is 35.5. The van der Waals surface area contributed by atoms with Crippen LogP contribution in [0.1, 0.15) is 0 Å². The molecule has 0 atom stereocenters. The first-order valence-corrected chi connectivity index (χ1v) is 4.11. The van der Waals surface area contributed by atoms with Crippen molar-refractivity contribution in [3.8, 4) is 0 Å². The van der Waals surface area contributed by atoms with Crippen LogP contribution in [0.3, 0.4) is 0 Å². The zero-order chi connectivity index (χ0) is 10.1. The number of nitro groups is 1. The Morgan fingerprint density at radius 2 is 2.21 bits per heavy atom. The molecule has 0 spiro atoms. The molecule has 0 bridgehead atoms. The van der Waals surface area contributed by atoms with Crippen LogP contribution >= 0.6 is 11.6 Å². The van der Waals surface area contributed by atoms with Gasteiger partial charge in [0.1, 0.15) is 0 Å². The first-order chi connectivity index (χ1) is 6.66. The predicted molar refractivity (Wildman–Crippen MR) is 51.2 cm³/mol. The van der Waals surface area contributed by atoms with Gasteiger partial charge in [0.2, 0.25) is 5.28 Å². The molecule has 1 aromatic heterocycles. The molecule has 0 N–H and O–H groups in total. The Morgan fingerprint density at radius 1 is 1.43 bits per heavy atom. The van der Waals surface area contributed by atoms with E-state index in [1.807, 2.05) is 0 Å². The third-order valence-corrected chi connectivity index (χ3v) is 1.93. The second-order valence-electron chi connectivity index (χ2n) is 2.64. The lowest BCUT2D eigenvalue weighted by atomic mass is 10.2. The van der Waals surface area contributed by atoms with Gasteiger partial charge in [0.15, 0.2) is 0 Å². The van der Waals surface area contributed by atoms with Crippen molar-refractivity contribution < 1.29 is 4.92 Å². The Hall–Kier alpha value is -1.75. The van der Waals surface area contributed by atoms with Gasteiger partial charge in [-0.1, -0.05) is 0 Å². The van der Waals surface area contributed by atoms with Crippen LogP contribution in [0, 0.1) is 10.1 Å². The zero-order valence-electron chi connectivity index (χ0n) is 6.85. The number of rotatable bonds is 1. The molecule has 14 heavy (non-hydrogen) atoms. The summed E-state index contributed by atoms with van der Waals surface area (Å²) < 4.78 is 0. The van der Waals surface area contributed by atoms with Crippen molar-refractivity contribution in [2.45, 2.75) is 0 Å². The number of nitro benzene ring substituents is 1. The summed E-state index contributed by atoms with van der Waals surface area (Å²) in [5.74, 6) is 0. The molecule has 0 aliphatic rings. The molecule has 0 unspecified atom stereocenters. The maximum atomic E-state index is 10.5. The normalized spacial score (nSPS) is 10.4. The molecule has 0 radical (unpaired) electrons. The van der Waals surface area contributed by atoms with Crippen molar-refractivity contribution in [2.75, 3.05) is 0 Å². The summed E-state index contributed by atoms with van der Waals surface area (Å²) in [7, 11) is 0. The van der Waals surface area contributed by atoms with Gasteiger partial charge in [0.05, 0.1) is 10.4 Å². The van der Waals surface area contributed by atoms with Gasteiger partial charge < -0.3 is 0 Å². The van der Waals surface area contributed by atoms with Gasteiger partial charge in [-0.05, 0) is 17.7 Å². The molecule has 0 fully saturated rings. The Bertz CT molecular complexity index is 515. The minimum absolute atomic E-state index is 0.00716. The van der Waals surface area contributed by atoms with Crippen molar-refractivity contribution in [1.29, 1.82) is 0 Å². The lowest BCUT2D eigenvalue weighted by Crippen LogP contribution is -1.89. The Kier molecular flexibility index (Phi) is 2.01. The van der Waals surface area contributed by atoms with Crippen LogP contribution in [-0.4, -0.2) is 14.9 Å². The minimum Gasteiger partial charge on any atom is -0.258 e. The first kappa shape index (κ1) is 8.83. The van der Waals surface area contributed by atoms with Crippen molar-refractivity contribution in [1.82, 2.24) is 9.97 Å². The van der Waals surface area contributed by atoms with Gasteiger partial charge in [-0.15, -0.1) is 0 Å². The Balaban J connectivity index is 2.69. The van der Waals surface area contributed by atoms with Crippen LogP contribution < -0.4 is 0 Å². The van der Waals surface area contributed by atoms with Crippen LogP contribution in [0.25, 0.3) is 10.9 Å². The van der Waals surface area contributed by atoms with E-state index in [1.54, 1.807) is 6.07 Å². The maximum absolute atomic E-state index is 10.5. The SMILES string of the molecule is O=[N+]([O-])c1ccc2cnc(Cl)nc2c1. The number of aromatic nitrogens is 2. The molecule has 2 aromatic rings. The van der Waals surface area contributed by atoms with Gasteiger partial charge in [-0.25, -0.2) is 9.97 Å². The quantitative estimate of drug-likeness (QED) is 0.410. The molecule has 0 aliphatic carbocycles. The van der Waals surface area contributed by atoms with Crippen LogP contribution in [-0.2, 0) is 0 Å². The van der Waals surface area contributed by atoms with E-state index in [2.05, 4.69) is 9.97 Å². The molecule has 0 aliphatic heterocycles. The van der Waals surface area contributed by atoms with Crippen LogP contribution in [0.4, 0.5) is 5.69 Å². The molecule has 0 saturated heterocycles. The van der Waals surface area contributed by atoms with E-state index in [0.29, 0.717) is 5.52 Å². The molecular weight excluding hydrogens is 206 g/mol. The molecule has 1 aromatic carbocycles. The van der Waals surface area contributed by atoms with Gasteiger partial charge in [-0.3, -0.25) is 10.1 Å². The minimum atomic E-state index is -0.477. The average molecular weight is 210 g/mol. The molecule has 0 amide bonds. The summed E-state index contributed by atoms with van der Waals surface area (Å²) >= 11 is 5.56. The summed E-state index contributed by atoms with van der Waals surface area (Å²) in [4.78, 5) is 17.6. The van der Waals surface area contributed by atoms with E-state index >= 15 is 0 Å². The summed E-state index contributed by atoms with van der Waals surface area (Å²) in [5.41, 5.74) is 0.464. The van der Waals surface area contributed by atoms with Gasteiger partial charge in [-0.2, -0.15) is 0 Å². The fourth-order valence-corrected chi connectivity index (χ4v) is 1.24. The number of benzene rings is 1. The van der Waals surface area contributed by atoms with Crippen LogP contribution in [0.2, 0.25) is 5.28 Å². The molecule has 0 saturated carbocycles. The highest BCUT2D eigenvalue weighted by molar-refractivity contribution is 6.28. The monoisotopic (exact) mass is 209 g/mol. The second kappa shape index (κ2) is 3.19. The van der Waals surface area contributed by atoms with E-state index in [-0.39, 0.29) is 11.0 Å². The maximum Gasteiger partial charge on any atom is 0.271 e. The topological polar surface area (TPSA) is 68.9 Å². The van der Waals surface area contributed by atoms with E-state index in [0.717, 1.165) is 5.39 Å². The lowest BCUT2D eigenvalue weighted by Gasteiger charge is -1.96. The number of halogens is 1. The third-order valence-electron chi connectivity index (χ3n) is 1.75. The second-order valence-corrected chi connectivity index (χ2v) is 2.98. The van der Waals surface area contributed by atoms with Crippen molar-refractivity contribution in [3.63, 3.8) is 0 Å². The first-order valence-electron chi connectivity index (χ1n) is 3.73. The lowest BCUT2D eigenvalue weighted by molar-refractivity contribution is -0.384. The molecule has 2 rings (SSSR count). The van der Waals surface area contributed by atoms with Gasteiger partial charge >= 0.3 is 0 Å². The standard InChI is InChI=1S/C8H4ClN3O2/c9-8-10-4-5-1-2-6(12(13)14)3-7(5)11-8/h1-4H. The fourth-order valence-electron chi connectivity index (χ4n) is 1.10. The smallest absolute Gasteiger partial charge is 0.258 e. The molecule has 6 heteroatoms.